The average molecular weight is 347 g/mol. The molecule has 4 rings (SSSR count). The van der Waals surface area contributed by atoms with Crippen LogP contribution in [0, 0.1) is 19.7 Å². The van der Waals surface area contributed by atoms with E-state index in [0.29, 0.717) is 12.2 Å². The maximum atomic E-state index is 14.5. The highest BCUT2D eigenvalue weighted by molar-refractivity contribution is 5.89. The first kappa shape index (κ1) is 16.2. The van der Waals surface area contributed by atoms with Crippen molar-refractivity contribution >= 4 is 16.7 Å². The van der Waals surface area contributed by atoms with Crippen LogP contribution in [0.5, 0.6) is 0 Å². The zero-order chi connectivity index (χ0) is 18.1. The summed E-state index contributed by atoms with van der Waals surface area (Å²) in [5, 5.41) is 4.24. The molecule has 0 aliphatic carbocycles. The summed E-state index contributed by atoms with van der Waals surface area (Å²) in [6.07, 6.45) is 4.94. The molecule has 0 aliphatic rings. The van der Waals surface area contributed by atoms with Crippen LogP contribution in [0.3, 0.4) is 0 Å². The molecule has 2 aromatic carbocycles. The zero-order valence-corrected chi connectivity index (χ0v) is 14.6. The maximum Gasteiger partial charge on any atom is 0.147 e. The SMILES string of the molecule is Cc1ccc2ncnc(NCc3ccc(-n4ccnc4C)c(F)c3)c2c1. The predicted molar refractivity (Wildman–Crippen MR) is 99.9 cm³/mol. The van der Waals surface area contributed by atoms with Gasteiger partial charge in [0, 0.05) is 24.3 Å². The number of nitrogens with one attached hydrogen (secondary N) is 1. The Kier molecular flexibility index (Phi) is 4.08. The Balaban J connectivity index is 1.58. The normalized spacial score (nSPS) is 11.0. The van der Waals surface area contributed by atoms with Gasteiger partial charge >= 0.3 is 0 Å². The number of hydrogen-bond donors (Lipinski definition) is 1. The van der Waals surface area contributed by atoms with Crippen LogP contribution < -0.4 is 5.32 Å². The van der Waals surface area contributed by atoms with Gasteiger partial charge in [-0.25, -0.2) is 19.3 Å². The summed E-state index contributed by atoms with van der Waals surface area (Å²) in [4.78, 5) is 12.7. The number of benzene rings is 2. The van der Waals surface area contributed by atoms with Crippen LogP contribution >= 0.6 is 0 Å². The van der Waals surface area contributed by atoms with Gasteiger partial charge in [-0.05, 0) is 43.7 Å². The molecule has 0 aliphatic heterocycles. The van der Waals surface area contributed by atoms with E-state index in [4.69, 9.17) is 0 Å². The fourth-order valence-corrected chi connectivity index (χ4v) is 2.99. The van der Waals surface area contributed by atoms with Crippen molar-refractivity contribution in [2.45, 2.75) is 20.4 Å². The molecule has 0 amide bonds. The largest absolute Gasteiger partial charge is 0.365 e. The Hall–Kier alpha value is -3.28. The number of imidazole rings is 1. The third-order valence-electron chi connectivity index (χ3n) is 4.35. The van der Waals surface area contributed by atoms with Crippen LogP contribution in [0.1, 0.15) is 17.0 Å². The molecule has 2 heterocycles. The molecule has 5 nitrogen and oxygen atoms in total. The second-order valence-electron chi connectivity index (χ2n) is 6.23. The van der Waals surface area contributed by atoms with Crippen molar-refractivity contribution in [3.05, 3.63) is 77.9 Å². The molecular formula is C20H18FN5. The maximum absolute atomic E-state index is 14.5. The van der Waals surface area contributed by atoms with Crippen molar-refractivity contribution < 1.29 is 4.39 Å². The van der Waals surface area contributed by atoms with Crippen molar-refractivity contribution in [1.82, 2.24) is 19.5 Å². The van der Waals surface area contributed by atoms with E-state index in [0.717, 1.165) is 33.7 Å². The smallest absolute Gasteiger partial charge is 0.147 e. The molecule has 0 spiro atoms. The molecule has 0 atom stereocenters. The molecule has 0 fully saturated rings. The molecule has 1 N–H and O–H groups in total. The number of halogens is 1. The fourth-order valence-electron chi connectivity index (χ4n) is 2.99. The lowest BCUT2D eigenvalue weighted by atomic mass is 10.1. The average Bonchev–Trinajstić information content (AvgIpc) is 3.06. The van der Waals surface area contributed by atoms with Crippen molar-refractivity contribution in [2.24, 2.45) is 0 Å². The minimum absolute atomic E-state index is 0.284. The number of hydrogen-bond acceptors (Lipinski definition) is 4. The first-order valence-corrected chi connectivity index (χ1v) is 8.36. The Labute approximate surface area is 150 Å². The highest BCUT2D eigenvalue weighted by Crippen LogP contribution is 2.22. The quantitative estimate of drug-likeness (QED) is 0.602. The fraction of sp³-hybridized carbons (Fsp3) is 0.150. The number of anilines is 1. The molecule has 26 heavy (non-hydrogen) atoms. The van der Waals surface area contributed by atoms with Crippen LogP contribution in [-0.4, -0.2) is 19.5 Å². The molecular weight excluding hydrogens is 329 g/mol. The van der Waals surface area contributed by atoms with Gasteiger partial charge in [0.2, 0.25) is 0 Å². The second kappa shape index (κ2) is 6.55. The zero-order valence-electron chi connectivity index (χ0n) is 14.6. The molecule has 0 bridgehead atoms. The second-order valence-corrected chi connectivity index (χ2v) is 6.23. The lowest BCUT2D eigenvalue weighted by molar-refractivity contribution is 0.614. The predicted octanol–water partition coefficient (Wildman–Crippen LogP) is 4.18. The van der Waals surface area contributed by atoms with E-state index in [9.17, 15) is 4.39 Å². The van der Waals surface area contributed by atoms with E-state index >= 15 is 0 Å². The van der Waals surface area contributed by atoms with Crippen LogP contribution in [0.4, 0.5) is 10.2 Å². The first-order chi connectivity index (χ1) is 12.6. The molecule has 0 unspecified atom stereocenters. The van der Waals surface area contributed by atoms with E-state index < -0.39 is 0 Å². The first-order valence-electron chi connectivity index (χ1n) is 8.36. The minimum Gasteiger partial charge on any atom is -0.365 e. The standard InChI is InChI=1S/C20H18FN5/c1-13-3-5-18-16(9-13)20(25-12-24-18)23-11-15-4-6-19(17(21)10-15)26-8-7-22-14(26)2/h3-10,12H,11H2,1-2H3,(H,23,24,25). The molecule has 0 saturated heterocycles. The van der Waals surface area contributed by atoms with E-state index in [1.165, 1.54) is 12.4 Å². The topological polar surface area (TPSA) is 55.6 Å². The van der Waals surface area contributed by atoms with E-state index in [1.54, 1.807) is 23.0 Å². The number of fused-ring (bicyclic) bond motifs is 1. The summed E-state index contributed by atoms with van der Waals surface area (Å²) in [7, 11) is 0. The van der Waals surface area contributed by atoms with Gasteiger partial charge < -0.3 is 9.88 Å². The molecule has 130 valence electrons. The van der Waals surface area contributed by atoms with Crippen LogP contribution in [-0.2, 0) is 6.54 Å². The van der Waals surface area contributed by atoms with Gasteiger partial charge in [0.05, 0.1) is 11.2 Å². The summed E-state index contributed by atoms with van der Waals surface area (Å²) in [6, 6.07) is 11.2. The van der Waals surface area contributed by atoms with E-state index in [1.807, 2.05) is 38.1 Å². The molecule has 4 aromatic rings. The lowest BCUT2D eigenvalue weighted by Crippen LogP contribution is -2.05. The van der Waals surface area contributed by atoms with Crippen molar-refractivity contribution in [1.29, 1.82) is 0 Å². The Morgan fingerprint density at radius 1 is 1.04 bits per heavy atom. The van der Waals surface area contributed by atoms with Crippen LogP contribution in [0.15, 0.2) is 55.1 Å². The third kappa shape index (κ3) is 3.01. The van der Waals surface area contributed by atoms with Crippen molar-refractivity contribution in [3.63, 3.8) is 0 Å². The van der Waals surface area contributed by atoms with Gasteiger partial charge in [-0.2, -0.15) is 0 Å². The summed E-state index contributed by atoms with van der Waals surface area (Å²) in [5.74, 6) is 1.21. The van der Waals surface area contributed by atoms with Gasteiger partial charge in [0.15, 0.2) is 0 Å². The van der Waals surface area contributed by atoms with Crippen LogP contribution in [0.25, 0.3) is 16.6 Å². The van der Waals surface area contributed by atoms with Crippen LogP contribution in [0.2, 0.25) is 0 Å². The number of aromatic nitrogens is 4. The summed E-state index contributed by atoms with van der Waals surface area (Å²) < 4.78 is 16.3. The van der Waals surface area contributed by atoms with Gasteiger partial charge in [-0.3, -0.25) is 0 Å². The van der Waals surface area contributed by atoms with Gasteiger partial charge in [-0.15, -0.1) is 0 Å². The van der Waals surface area contributed by atoms with Gasteiger partial charge in [0.25, 0.3) is 0 Å². The molecule has 0 saturated carbocycles. The third-order valence-corrected chi connectivity index (χ3v) is 4.35. The Bertz CT molecular complexity index is 1090. The number of nitrogens with zero attached hydrogens (tertiary/aromatic N) is 4. The summed E-state index contributed by atoms with van der Waals surface area (Å²) in [5.41, 5.74) is 3.35. The number of aryl methyl sites for hydroxylation is 2. The molecule has 0 radical (unpaired) electrons. The van der Waals surface area contributed by atoms with Crippen molar-refractivity contribution in [3.8, 4) is 5.69 Å². The molecule has 6 heteroatoms. The van der Waals surface area contributed by atoms with Gasteiger partial charge in [0.1, 0.15) is 23.8 Å². The highest BCUT2D eigenvalue weighted by Gasteiger charge is 2.09. The Morgan fingerprint density at radius 2 is 1.92 bits per heavy atom. The number of rotatable bonds is 4. The van der Waals surface area contributed by atoms with E-state index in [-0.39, 0.29) is 5.82 Å². The highest BCUT2D eigenvalue weighted by atomic mass is 19.1. The minimum atomic E-state index is -0.284. The van der Waals surface area contributed by atoms with E-state index in [2.05, 4.69) is 20.3 Å². The summed E-state index contributed by atoms with van der Waals surface area (Å²) >= 11 is 0. The molecule has 2 aromatic heterocycles. The van der Waals surface area contributed by atoms with Crippen molar-refractivity contribution in [2.75, 3.05) is 5.32 Å². The Morgan fingerprint density at radius 3 is 2.69 bits per heavy atom. The monoisotopic (exact) mass is 347 g/mol. The summed E-state index contributed by atoms with van der Waals surface area (Å²) in [6.45, 7) is 4.35. The lowest BCUT2D eigenvalue weighted by Gasteiger charge is -2.11. The van der Waals surface area contributed by atoms with Gasteiger partial charge in [-0.1, -0.05) is 17.7 Å².